The van der Waals surface area contributed by atoms with Gasteiger partial charge in [-0.2, -0.15) is 0 Å². The first kappa shape index (κ1) is 20.3. The molecular formula is C23H27FN4O3. The Morgan fingerprint density at radius 1 is 1.26 bits per heavy atom. The quantitative estimate of drug-likeness (QED) is 0.811. The van der Waals surface area contributed by atoms with Crippen LogP contribution in [0.3, 0.4) is 0 Å². The predicted molar refractivity (Wildman–Crippen MR) is 112 cm³/mol. The van der Waals surface area contributed by atoms with Crippen LogP contribution in [-0.4, -0.2) is 52.0 Å². The van der Waals surface area contributed by atoms with E-state index in [0.717, 1.165) is 25.0 Å². The Morgan fingerprint density at radius 2 is 2.13 bits per heavy atom. The second-order valence-electron chi connectivity index (χ2n) is 8.68. The Kier molecular flexibility index (Phi) is 5.58. The fraction of sp³-hybridized carbons (Fsp3) is 0.522. The third kappa shape index (κ3) is 4.02. The zero-order valence-electron chi connectivity index (χ0n) is 17.5. The lowest BCUT2D eigenvalue weighted by Crippen LogP contribution is -2.39. The monoisotopic (exact) mass is 426 g/mol. The lowest BCUT2D eigenvalue weighted by molar-refractivity contribution is -0.136. The molecule has 3 aliphatic heterocycles. The van der Waals surface area contributed by atoms with E-state index >= 15 is 0 Å². The summed E-state index contributed by atoms with van der Waals surface area (Å²) in [4.78, 5) is 37.6. The minimum absolute atomic E-state index is 0.0862. The number of benzene rings is 1. The van der Waals surface area contributed by atoms with Crippen LogP contribution < -0.4 is 5.56 Å². The molecule has 2 unspecified atom stereocenters. The molecule has 1 aromatic heterocycles. The van der Waals surface area contributed by atoms with Crippen molar-refractivity contribution < 1.29 is 13.9 Å². The molecule has 8 heteroatoms. The van der Waals surface area contributed by atoms with Gasteiger partial charge in [-0.1, -0.05) is 18.2 Å². The van der Waals surface area contributed by atoms with Crippen molar-refractivity contribution in [1.29, 1.82) is 0 Å². The van der Waals surface area contributed by atoms with E-state index in [4.69, 9.17) is 9.72 Å². The van der Waals surface area contributed by atoms with Gasteiger partial charge in [0.05, 0.1) is 29.8 Å². The van der Waals surface area contributed by atoms with Crippen molar-refractivity contribution in [2.45, 2.75) is 44.8 Å². The zero-order chi connectivity index (χ0) is 21.4. The predicted octanol–water partition coefficient (Wildman–Crippen LogP) is 2.17. The van der Waals surface area contributed by atoms with E-state index in [0.29, 0.717) is 62.8 Å². The number of fused-ring (bicyclic) bond motifs is 1. The molecule has 0 saturated carbocycles. The van der Waals surface area contributed by atoms with Crippen LogP contribution in [0.25, 0.3) is 0 Å². The van der Waals surface area contributed by atoms with E-state index in [1.807, 2.05) is 11.0 Å². The number of halogens is 1. The second kappa shape index (κ2) is 8.51. The van der Waals surface area contributed by atoms with Crippen molar-refractivity contribution in [3.8, 4) is 0 Å². The molecule has 1 aromatic carbocycles. The van der Waals surface area contributed by atoms with Crippen molar-refractivity contribution >= 4 is 5.91 Å². The summed E-state index contributed by atoms with van der Waals surface area (Å²) in [7, 11) is 0. The number of ether oxygens (including phenoxy) is 1. The van der Waals surface area contributed by atoms with Crippen LogP contribution in [0.2, 0.25) is 0 Å². The van der Waals surface area contributed by atoms with Gasteiger partial charge in [0.15, 0.2) is 0 Å². The number of nitrogens with zero attached hydrogens (tertiary/aromatic N) is 3. The first-order chi connectivity index (χ1) is 15.1. The highest BCUT2D eigenvalue weighted by atomic mass is 19.1. The number of hydrogen-bond acceptors (Lipinski definition) is 5. The number of rotatable bonds is 4. The van der Waals surface area contributed by atoms with Crippen molar-refractivity contribution in [2.24, 2.45) is 5.92 Å². The largest absolute Gasteiger partial charge is 0.381 e. The van der Waals surface area contributed by atoms with Gasteiger partial charge < -0.3 is 14.6 Å². The van der Waals surface area contributed by atoms with Gasteiger partial charge in [-0.25, -0.2) is 9.37 Å². The molecule has 0 aliphatic carbocycles. The molecule has 3 aliphatic rings. The molecule has 164 valence electrons. The van der Waals surface area contributed by atoms with Crippen LogP contribution >= 0.6 is 0 Å². The number of carbonyl (C=O) groups excluding carboxylic acids is 1. The zero-order valence-corrected chi connectivity index (χ0v) is 17.5. The highest BCUT2D eigenvalue weighted by Gasteiger charge is 2.37. The molecule has 2 saturated heterocycles. The molecule has 31 heavy (non-hydrogen) atoms. The normalized spacial score (nSPS) is 23.8. The number of likely N-dealkylation sites (tertiary alicyclic amines) is 1. The molecule has 2 fully saturated rings. The molecule has 1 N–H and O–H groups in total. The van der Waals surface area contributed by atoms with Gasteiger partial charge in [-0.15, -0.1) is 0 Å². The molecule has 0 bridgehead atoms. The standard InChI is InChI=1S/C23H27FN4O3/c24-18-5-2-1-4-15(18)12-27-10-7-19-17(13-27)22(29)26-21(25-19)20-6-3-9-28(20)23(30)16-8-11-31-14-16/h1-2,4-5,16,20H,3,6-14H2,(H,25,26,29). The van der Waals surface area contributed by atoms with Crippen LogP contribution in [0.5, 0.6) is 0 Å². The van der Waals surface area contributed by atoms with E-state index < -0.39 is 0 Å². The summed E-state index contributed by atoms with van der Waals surface area (Å²) in [5, 5.41) is 0. The maximum atomic E-state index is 14.0. The maximum Gasteiger partial charge on any atom is 0.255 e. The lowest BCUT2D eigenvalue weighted by Gasteiger charge is -2.30. The Morgan fingerprint density at radius 3 is 2.94 bits per heavy atom. The van der Waals surface area contributed by atoms with Crippen molar-refractivity contribution in [3.63, 3.8) is 0 Å². The van der Waals surface area contributed by atoms with Gasteiger partial charge in [0.1, 0.15) is 11.6 Å². The van der Waals surface area contributed by atoms with E-state index in [-0.39, 0.29) is 29.2 Å². The summed E-state index contributed by atoms with van der Waals surface area (Å²) in [5.74, 6) is 0.388. The summed E-state index contributed by atoms with van der Waals surface area (Å²) in [5.41, 5.74) is 1.92. The number of aromatic amines is 1. The Hall–Kier alpha value is -2.58. The van der Waals surface area contributed by atoms with Gasteiger partial charge in [0.2, 0.25) is 5.91 Å². The SMILES string of the molecule is O=C(C1CCOC1)N1CCCC1c1nc2c(c(=O)[nH]1)CN(Cc1ccccc1F)CC2. The lowest BCUT2D eigenvalue weighted by atomic mass is 10.0. The van der Waals surface area contributed by atoms with Crippen LogP contribution in [0.15, 0.2) is 29.1 Å². The van der Waals surface area contributed by atoms with E-state index in [1.54, 1.807) is 12.1 Å². The van der Waals surface area contributed by atoms with Crippen LogP contribution in [0.1, 0.15) is 47.9 Å². The fourth-order valence-corrected chi connectivity index (χ4v) is 4.94. The van der Waals surface area contributed by atoms with Gasteiger partial charge in [0.25, 0.3) is 5.56 Å². The number of aromatic nitrogens is 2. The highest BCUT2D eigenvalue weighted by Crippen LogP contribution is 2.32. The van der Waals surface area contributed by atoms with E-state index in [9.17, 15) is 14.0 Å². The minimum atomic E-state index is -0.227. The molecule has 4 heterocycles. The van der Waals surface area contributed by atoms with E-state index in [1.165, 1.54) is 6.07 Å². The van der Waals surface area contributed by atoms with Crippen LogP contribution in [0.4, 0.5) is 4.39 Å². The average molecular weight is 426 g/mol. The summed E-state index contributed by atoms with van der Waals surface area (Å²) in [6, 6.07) is 6.56. The van der Waals surface area contributed by atoms with Gasteiger partial charge in [-0.3, -0.25) is 14.5 Å². The van der Waals surface area contributed by atoms with Gasteiger partial charge >= 0.3 is 0 Å². The van der Waals surface area contributed by atoms with Crippen LogP contribution in [-0.2, 0) is 29.0 Å². The van der Waals surface area contributed by atoms with Crippen molar-refractivity contribution in [1.82, 2.24) is 19.8 Å². The number of nitrogens with one attached hydrogen (secondary N) is 1. The van der Waals surface area contributed by atoms with Gasteiger partial charge in [-0.05, 0) is 25.3 Å². The third-order valence-corrected chi connectivity index (χ3v) is 6.65. The van der Waals surface area contributed by atoms with Crippen LogP contribution in [0, 0.1) is 11.7 Å². The fourth-order valence-electron chi connectivity index (χ4n) is 4.94. The molecule has 0 radical (unpaired) electrons. The highest BCUT2D eigenvalue weighted by molar-refractivity contribution is 5.80. The molecular weight excluding hydrogens is 399 g/mol. The Bertz CT molecular complexity index is 1030. The second-order valence-corrected chi connectivity index (χ2v) is 8.68. The molecule has 1 amide bonds. The molecule has 2 aromatic rings. The third-order valence-electron chi connectivity index (χ3n) is 6.65. The summed E-state index contributed by atoms with van der Waals surface area (Å²) in [6.07, 6.45) is 3.10. The van der Waals surface area contributed by atoms with Crippen molar-refractivity contribution in [2.75, 3.05) is 26.3 Å². The molecule has 5 rings (SSSR count). The van der Waals surface area contributed by atoms with Gasteiger partial charge in [0, 0.05) is 44.8 Å². The summed E-state index contributed by atoms with van der Waals surface area (Å²) >= 11 is 0. The molecule has 0 spiro atoms. The number of hydrogen-bond donors (Lipinski definition) is 1. The van der Waals surface area contributed by atoms with Crippen molar-refractivity contribution in [3.05, 3.63) is 63.1 Å². The molecule has 2 atom stereocenters. The summed E-state index contributed by atoms with van der Waals surface area (Å²) < 4.78 is 19.4. The number of carbonyl (C=O) groups is 1. The Labute approximate surface area is 180 Å². The smallest absolute Gasteiger partial charge is 0.255 e. The molecule has 7 nitrogen and oxygen atoms in total. The summed E-state index contributed by atoms with van der Waals surface area (Å²) in [6.45, 7) is 3.42. The van der Waals surface area contributed by atoms with E-state index in [2.05, 4.69) is 9.88 Å². The number of H-pyrrole nitrogens is 1. The maximum absolute atomic E-state index is 14.0. The first-order valence-corrected chi connectivity index (χ1v) is 11.1. The average Bonchev–Trinajstić information content (AvgIpc) is 3.48. The Balaban J connectivity index is 1.34. The topological polar surface area (TPSA) is 78.5 Å². The minimum Gasteiger partial charge on any atom is -0.381 e. The first-order valence-electron chi connectivity index (χ1n) is 11.1. The number of amides is 1.